The summed E-state index contributed by atoms with van der Waals surface area (Å²) in [6.07, 6.45) is 7.32. The van der Waals surface area contributed by atoms with Crippen LogP contribution in [0.15, 0.2) is 42.7 Å². The average Bonchev–Trinajstić information content (AvgIpc) is 3.15. The maximum atomic E-state index is 12.6. The summed E-state index contributed by atoms with van der Waals surface area (Å²) in [6.45, 7) is 6.17. The zero-order valence-electron chi connectivity index (χ0n) is 16.8. The second-order valence-corrected chi connectivity index (χ2v) is 7.96. The predicted molar refractivity (Wildman–Crippen MR) is 109 cm³/mol. The zero-order chi connectivity index (χ0) is 21.0. The fourth-order valence-electron chi connectivity index (χ4n) is 3.26. The maximum absolute atomic E-state index is 12.6. The van der Waals surface area contributed by atoms with Gasteiger partial charge in [-0.25, -0.2) is 14.6 Å². The molecule has 1 saturated heterocycles. The number of rotatable bonds is 4. The molecule has 3 rings (SSSR count). The van der Waals surface area contributed by atoms with Crippen LogP contribution >= 0.6 is 0 Å². The van der Waals surface area contributed by atoms with E-state index in [0.717, 1.165) is 35.7 Å². The highest BCUT2D eigenvalue weighted by atomic mass is 16.6. The lowest BCUT2D eigenvalue weighted by Crippen LogP contribution is -2.36. The van der Waals surface area contributed by atoms with E-state index < -0.39 is 11.6 Å². The van der Waals surface area contributed by atoms with E-state index in [-0.39, 0.29) is 12.1 Å². The van der Waals surface area contributed by atoms with Gasteiger partial charge in [-0.3, -0.25) is 9.88 Å². The van der Waals surface area contributed by atoms with E-state index in [1.165, 1.54) is 6.08 Å². The van der Waals surface area contributed by atoms with Crippen molar-refractivity contribution in [2.75, 3.05) is 6.54 Å². The number of hydrogen-bond acceptors (Lipinski definition) is 5. The van der Waals surface area contributed by atoms with Crippen molar-refractivity contribution in [1.29, 1.82) is 0 Å². The van der Waals surface area contributed by atoms with Crippen molar-refractivity contribution < 1.29 is 19.4 Å². The van der Waals surface area contributed by atoms with Gasteiger partial charge in [0.1, 0.15) is 5.60 Å². The Labute approximate surface area is 170 Å². The molecule has 2 aromatic rings. The number of ether oxygens (including phenoxy) is 1. The highest BCUT2D eigenvalue weighted by Crippen LogP contribution is 2.33. The minimum Gasteiger partial charge on any atom is -0.478 e. The number of carboxylic acids is 1. The molecule has 1 aromatic carbocycles. The summed E-state index contributed by atoms with van der Waals surface area (Å²) < 4.78 is 5.53. The summed E-state index contributed by atoms with van der Waals surface area (Å²) in [7, 11) is 0. The molecule has 0 aliphatic carbocycles. The van der Waals surface area contributed by atoms with Crippen LogP contribution in [0.1, 0.15) is 50.9 Å². The minimum atomic E-state index is -0.999. The van der Waals surface area contributed by atoms with Crippen LogP contribution in [-0.2, 0) is 9.53 Å². The Hall–Kier alpha value is -3.22. The number of amides is 1. The molecule has 0 bridgehead atoms. The number of carbonyl (C=O) groups excluding carboxylic acids is 1. The average molecular weight is 395 g/mol. The minimum absolute atomic E-state index is 0.174. The molecular weight excluding hydrogens is 370 g/mol. The zero-order valence-corrected chi connectivity index (χ0v) is 16.8. The van der Waals surface area contributed by atoms with Crippen molar-refractivity contribution in [2.24, 2.45) is 0 Å². The molecule has 152 valence electrons. The second-order valence-electron chi connectivity index (χ2n) is 7.96. The van der Waals surface area contributed by atoms with Gasteiger partial charge in [-0.05, 0) is 51.3 Å². The van der Waals surface area contributed by atoms with Gasteiger partial charge < -0.3 is 9.84 Å². The Bertz CT molecular complexity index is 934. The van der Waals surface area contributed by atoms with Crippen LogP contribution in [0.4, 0.5) is 4.79 Å². The Balaban J connectivity index is 1.85. The van der Waals surface area contributed by atoms with E-state index in [4.69, 9.17) is 14.8 Å². The molecule has 1 unspecified atom stereocenters. The van der Waals surface area contributed by atoms with Crippen molar-refractivity contribution >= 4 is 18.1 Å². The van der Waals surface area contributed by atoms with Gasteiger partial charge in [0.25, 0.3) is 0 Å². The van der Waals surface area contributed by atoms with Gasteiger partial charge in [0.2, 0.25) is 0 Å². The van der Waals surface area contributed by atoms with Crippen molar-refractivity contribution in [2.45, 2.75) is 45.3 Å². The SMILES string of the molecule is CC(C)(C)OC(=O)N1CCCC1c1cncc(-c2cccc(/C=C/C(=O)O)c2)n1. The quantitative estimate of drug-likeness (QED) is 0.776. The second kappa shape index (κ2) is 8.43. The van der Waals surface area contributed by atoms with Gasteiger partial charge in [-0.1, -0.05) is 18.2 Å². The standard InChI is InChI=1S/C22H25N3O4/c1-22(2,3)29-21(28)25-11-5-8-19(25)18-14-23-13-17(24-18)16-7-4-6-15(12-16)9-10-20(26)27/h4,6-7,9-10,12-14,19H,5,8,11H2,1-3H3,(H,26,27)/b10-9+. The van der Waals surface area contributed by atoms with Gasteiger partial charge >= 0.3 is 12.1 Å². The van der Waals surface area contributed by atoms with Gasteiger partial charge in [-0.15, -0.1) is 0 Å². The first kappa shape index (κ1) is 20.5. The van der Waals surface area contributed by atoms with Crippen molar-refractivity contribution in [1.82, 2.24) is 14.9 Å². The number of nitrogens with zero attached hydrogens (tertiary/aromatic N) is 3. The molecule has 1 aliphatic rings. The number of aromatic nitrogens is 2. The third kappa shape index (κ3) is 5.40. The molecule has 1 atom stereocenters. The normalized spacial score (nSPS) is 16.9. The smallest absolute Gasteiger partial charge is 0.410 e. The van der Waals surface area contributed by atoms with E-state index in [2.05, 4.69) is 4.98 Å². The highest BCUT2D eigenvalue weighted by Gasteiger charge is 2.34. The van der Waals surface area contributed by atoms with Crippen LogP contribution in [0, 0.1) is 0 Å². The van der Waals surface area contributed by atoms with Gasteiger partial charge in [0, 0.05) is 18.2 Å². The number of carboxylic acid groups (broad SMARTS) is 1. The molecule has 1 aromatic heterocycles. The summed E-state index contributed by atoms with van der Waals surface area (Å²) in [5, 5.41) is 8.81. The maximum Gasteiger partial charge on any atom is 0.410 e. The van der Waals surface area contributed by atoms with E-state index in [9.17, 15) is 9.59 Å². The molecule has 1 N–H and O–H groups in total. The molecule has 0 radical (unpaired) electrons. The number of aliphatic carboxylic acids is 1. The van der Waals surface area contributed by atoms with Crippen LogP contribution in [0.5, 0.6) is 0 Å². The Morgan fingerprint density at radius 1 is 1.28 bits per heavy atom. The predicted octanol–water partition coefficient (Wildman–Crippen LogP) is 4.31. The number of hydrogen-bond donors (Lipinski definition) is 1. The molecule has 7 nitrogen and oxygen atoms in total. The molecule has 29 heavy (non-hydrogen) atoms. The van der Waals surface area contributed by atoms with Crippen molar-refractivity contribution in [3.8, 4) is 11.3 Å². The lowest BCUT2D eigenvalue weighted by atomic mass is 10.1. The van der Waals surface area contributed by atoms with Crippen LogP contribution < -0.4 is 0 Å². The molecule has 0 spiro atoms. The third-order valence-electron chi connectivity index (χ3n) is 4.48. The largest absolute Gasteiger partial charge is 0.478 e. The fraction of sp³-hybridized carbons (Fsp3) is 0.364. The number of carbonyl (C=O) groups is 2. The van der Waals surface area contributed by atoms with Gasteiger partial charge in [-0.2, -0.15) is 0 Å². The molecule has 1 aliphatic heterocycles. The van der Waals surface area contributed by atoms with Crippen molar-refractivity contribution in [3.63, 3.8) is 0 Å². The number of benzene rings is 1. The number of likely N-dealkylation sites (tertiary alicyclic amines) is 1. The van der Waals surface area contributed by atoms with Crippen LogP contribution in [0.25, 0.3) is 17.3 Å². The summed E-state index contributed by atoms with van der Waals surface area (Å²) in [4.78, 5) is 34.1. The van der Waals surface area contributed by atoms with Crippen LogP contribution in [-0.4, -0.2) is 44.2 Å². The van der Waals surface area contributed by atoms with Gasteiger partial charge in [0.05, 0.1) is 29.8 Å². The summed E-state index contributed by atoms with van der Waals surface area (Å²) >= 11 is 0. The first-order valence-corrected chi connectivity index (χ1v) is 9.56. The molecule has 1 fully saturated rings. The molecule has 0 saturated carbocycles. The topological polar surface area (TPSA) is 92.6 Å². The lowest BCUT2D eigenvalue weighted by molar-refractivity contribution is -0.131. The Morgan fingerprint density at radius 3 is 2.79 bits per heavy atom. The van der Waals surface area contributed by atoms with Crippen molar-refractivity contribution in [3.05, 3.63) is 54.0 Å². The summed E-state index contributed by atoms with van der Waals surface area (Å²) in [6, 6.07) is 7.24. The molecule has 2 heterocycles. The van der Waals surface area contributed by atoms with E-state index in [1.807, 2.05) is 45.0 Å². The Kier molecular flexibility index (Phi) is 5.96. The van der Waals surface area contributed by atoms with Crippen LogP contribution in [0.3, 0.4) is 0 Å². The first-order chi connectivity index (χ1) is 13.7. The molecule has 7 heteroatoms. The first-order valence-electron chi connectivity index (χ1n) is 9.56. The molecular formula is C22H25N3O4. The third-order valence-corrected chi connectivity index (χ3v) is 4.48. The summed E-state index contributed by atoms with van der Waals surface area (Å²) in [5.74, 6) is -0.999. The lowest BCUT2D eigenvalue weighted by Gasteiger charge is -2.28. The van der Waals surface area contributed by atoms with Gasteiger partial charge in [0.15, 0.2) is 0 Å². The van der Waals surface area contributed by atoms with E-state index in [1.54, 1.807) is 17.3 Å². The fourth-order valence-corrected chi connectivity index (χ4v) is 3.26. The highest BCUT2D eigenvalue weighted by molar-refractivity contribution is 5.85. The molecule has 1 amide bonds. The van der Waals surface area contributed by atoms with E-state index in [0.29, 0.717) is 12.2 Å². The monoisotopic (exact) mass is 395 g/mol. The van der Waals surface area contributed by atoms with Crippen LogP contribution in [0.2, 0.25) is 0 Å². The Morgan fingerprint density at radius 2 is 2.07 bits per heavy atom. The summed E-state index contributed by atoms with van der Waals surface area (Å²) in [5.41, 5.74) is 2.42. The van der Waals surface area contributed by atoms with E-state index >= 15 is 0 Å².